The summed E-state index contributed by atoms with van der Waals surface area (Å²) in [5.74, 6) is 0. The van der Waals surface area contributed by atoms with Crippen molar-refractivity contribution >= 4 is 63.7 Å². The zero-order valence-electron chi connectivity index (χ0n) is 4.58. The summed E-state index contributed by atoms with van der Waals surface area (Å²) in [5, 5.41) is 3.20. The van der Waals surface area contributed by atoms with Gasteiger partial charge in [0, 0.05) is 13.1 Å². The van der Waals surface area contributed by atoms with Crippen molar-refractivity contribution in [3.05, 3.63) is 0 Å². The van der Waals surface area contributed by atoms with Gasteiger partial charge in [-0.1, -0.05) is 63.7 Å². The van der Waals surface area contributed by atoms with E-state index in [9.17, 15) is 0 Å². The van der Waals surface area contributed by atoms with Crippen molar-refractivity contribution in [1.82, 2.24) is 5.32 Å². The molecule has 0 fully saturated rings. The van der Waals surface area contributed by atoms with Crippen LogP contribution >= 0.6 is 63.7 Å². The molecule has 0 aromatic carbocycles. The van der Waals surface area contributed by atoms with Crippen molar-refractivity contribution in [3.8, 4) is 0 Å². The summed E-state index contributed by atoms with van der Waals surface area (Å²) in [5.41, 5.74) is 0. The Bertz CT molecular complexity index is 57.6. The summed E-state index contributed by atoms with van der Waals surface area (Å²) in [4.78, 5) is 0. The molecule has 5 heteroatoms. The van der Waals surface area contributed by atoms with Crippen molar-refractivity contribution in [1.29, 1.82) is 0 Å². The first kappa shape index (κ1) is 10.9. The summed E-state index contributed by atoms with van der Waals surface area (Å²) in [6.07, 6.45) is 0. The molecule has 0 heterocycles. The van der Waals surface area contributed by atoms with Crippen molar-refractivity contribution in [2.45, 2.75) is 7.47 Å². The van der Waals surface area contributed by atoms with E-state index >= 15 is 0 Å². The van der Waals surface area contributed by atoms with Crippen LogP contribution in [-0.4, -0.2) is 20.6 Å². The van der Waals surface area contributed by atoms with E-state index in [0.29, 0.717) is 7.47 Å². The maximum absolute atomic E-state index is 3.35. The van der Waals surface area contributed by atoms with Crippen molar-refractivity contribution in [3.63, 3.8) is 0 Å². The van der Waals surface area contributed by atoms with E-state index in [0.717, 1.165) is 13.1 Å². The molecule has 0 atom stereocenters. The SMILES string of the molecule is BrC(Br)CNCC(Br)Br. The van der Waals surface area contributed by atoms with Crippen LogP contribution in [0.4, 0.5) is 0 Å². The molecular weight excluding hydrogens is 382 g/mol. The molecule has 0 unspecified atom stereocenters. The Labute approximate surface area is 88.9 Å². The number of hydrogen-bond acceptors (Lipinski definition) is 1. The van der Waals surface area contributed by atoms with Gasteiger partial charge in [-0.3, -0.25) is 0 Å². The second kappa shape index (κ2) is 6.58. The Morgan fingerprint density at radius 3 is 1.44 bits per heavy atom. The largest absolute Gasteiger partial charge is 0.313 e. The minimum absolute atomic E-state index is 0.365. The Morgan fingerprint density at radius 2 is 1.22 bits per heavy atom. The van der Waals surface area contributed by atoms with Crippen molar-refractivity contribution in [2.75, 3.05) is 13.1 Å². The molecular formula is C4H7Br4N. The third-order valence-electron chi connectivity index (χ3n) is 0.597. The van der Waals surface area contributed by atoms with E-state index in [4.69, 9.17) is 0 Å². The van der Waals surface area contributed by atoms with Gasteiger partial charge < -0.3 is 5.32 Å². The number of rotatable bonds is 4. The fourth-order valence-electron chi connectivity index (χ4n) is 0.302. The van der Waals surface area contributed by atoms with Crippen LogP contribution in [0.1, 0.15) is 0 Å². The highest BCUT2D eigenvalue weighted by molar-refractivity contribution is 9.25. The van der Waals surface area contributed by atoms with Crippen LogP contribution in [0.2, 0.25) is 0 Å². The first-order valence-corrected chi connectivity index (χ1v) is 6.06. The Kier molecular flexibility index (Phi) is 7.96. The van der Waals surface area contributed by atoms with E-state index in [2.05, 4.69) is 69.0 Å². The van der Waals surface area contributed by atoms with Crippen LogP contribution in [0, 0.1) is 0 Å². The zero-order chi connectivity index (χ0) is 7.28. The van der Waals surface area contributed by atoms with E-state index in [1.807, 2.05) is 0 Å². The van der Waals surface area contributed by atoms with Gasteiger partial charge in [0.15, 0.2) is 0 Å². The van der Waals surface area contributed by atoms with Gasteiger partial charge in [-0.15, -0.1) is 0 Å². The molecule has 1 N–H and O–H groups in total. The van der Waals surface area contributed by atoms with Gasteiger partial charge in [0.25, 0.3) is 0 Å². The summed E-state index contributed by atoms with van der Waals surface area (Å²) in [7, 11) is 0. The van der Waals surface area contributed by atoms with Crippen LogP contribution in [0.15, 0.2) is 0 Å². The zero-order valence-corrected chi connectivity index (χ0v) is 10.9. The van der Waals surface area contributed by atoms with E-state index in [-0.39, 0.29) is 0 Å². The molecule has 9 heavy (non-hydrogen) atoms. The molecule has 0 radical (unpaired) electrons. The van der Waals surface area contributed by atoms with Gasteiger partial charge in [-0.2, -0.15) is 0 Å². The van der Waals surface area contributed by atoms with Crippen LogP contribution in [0.5, 0.6) is 0 Å². The Morgan fingerprint density at radius 1 is 0.889 bits per heavy atom. The first-order chi connectivity index (χ1) is 4.13. The summed E-state index contributed by atoms with van der Waals surface area (Å²) >= 11 is 13.4. The maximum Gasteiger partial charge on any atom is 0.0821 e. The highest BCUT2D eigenvalue weighted by Gasteiger charge is 1.98. The predicted molar refractivity (Wildman–Crippen MR) is 56.2 cm³/mol. The van der Waals surface area contributed by atoms with Gasteiger partial charge in [-0.05, 0) is 0 Å². The first-order valence-electron chi connectivity index (χ1n) is 2.40. The lowest BCUT2D eigenvalue weighted by atomic mass is 10.7. The average Bonchev–Trinajstić information content (AvgIpc) is 1.63. The minimum Gasteiger partial charge on any atom is -0.313 e. The lowest BCUT2D eigenvalue weighted by Crippen LogP contribution is -2.24. The number of nitrogens with one attached hydrogen (secondary N) is 1. The molecule has 0 aliphatic heterocycles. The Hall–Kier alpha value is 1.88. The van der Waals surface area contributed by atoms with Crippen LogP contribution in [-0.2, 0) is 0 Å². The molecule has 0 aliphatic rings. The molecule has 0 rings (SSSR count). The van der Waals surface area contributed by atoms with Gasteiger partial charge in [0.1, 0.15) is 0 Å². The monoisotopic (exact) mass is 385 g/mol. The van der Waals surface area contributed by atoms with E-state index in [1.54, 1.807) is 0 Å². The fraction of sp³-hybridized carbons (Fsp3) is 1.00. The van der Waals surface area contributed by atoms with Gasteiger partial charge in [0.2, 0.25) is 0 Å². The maximum atomic E-state index is 3.35. The van der Waals surface area contributed by atoms with Gasteiger partial charge in [0.05, 0.1) is 7.47 Å². The molecule has 0 amide bonds. The predicted octanol–water partition coefficient (Wildman–Crippen LogP) is 2.81. The Balaban J connectivity index is 2.91. The molecule has 0 bridgehead atoms. The third kappa shape index (κ3) is 9.88. The van der Waals surface area contributed by atoms with Crippen LogP contribution in [0.25, 0.3) is 0 Å². The highest BCUT2D eigenvalue weighted by atomic mass is 79.9. The van der Waals surface area contributed by atoms with E-state index in [1.165, 1.54) is 0 Å². The third-order valence-corrected chi connectivity index (χ3v) is 1.89. The second-order valence-corrected chi connectivity index (χ2v) is 8.32. The van der Waals surface area contributed by atoms with Crippen LogP contribution < -0.4 is 5.32 Å². The smallest absolute Gasteiger partial charge is 0.0821 e. The van der Waals surface area contributed by atoms with Gasteiger partial charge in [-0.25, -0.2) is 0 Å². The molecule has 0 aromatic heterocycles. The second-order valence-electron chi connectivity index (χ2n) is 1.44. The topological polar surface area (TPSA) is 12.0 Å². The standard InChI is InChI=1S/C4H7Br4N/c5-3(6)1-9-2-4(7)8/h3-4,9H,1-2H2. The van der Waals surface area contributed by atoms with Crippen molar-refractivity contribution in [2.24, 2.45) is 0 Å². The summed E-state index contributed by atoms with van der Waals surface area (Å²) < 4.78 is 0.729. The fourth-order valence-corrected chi connectivity index (χ4v) is 1.22. The number of halogens is 4. The number of hydrogen-bond donors (Lipinski definition) is 1. The summed E-state index contributed by atoms with van der Waals surface area (Å²) in [6.45, 7) is 1.85. The number of alkyl halides is 4. The quantitative estimate of drug-likeness (QED) is 0.730. The summed E-state index contributed by atoms with van der Waals surface area (Å²) in [6, 6.07) is 0. The van der Waals surface area contributed by atoms with Crippen molar-refractivity contribution < 1.29 is 0 Å². The highest BCUT2D eigenvalue weighted by Crippen LogP contribution is 2.08. The minimum atomic E-state index is 0.365. The van der Waals surface area contributed by atoms with Gasteiger partial charge >= 0.3 is 0 Å². The van der Waals surface area contributed by atoms with Crippen LogP contribution in [0.3, 0.4) is 0 Å². The molecule has 0 spiro atoms. The molecule has 0 aliphatic carbocycles. The molecule has 56 valence electrons. The average molecular weight is 389 g/mol. The molecule has 0 aromatic rings. The molecule has 0 saturated carbocycles. The normalized spacial score (nSPS) is 11.3. The lowest BCUT2D eigenvalue weighted by Gasteiger charge is -2.04. The molecule has 1 nitrogen and oxygen atoms in total. The lowest BCUT2D eigenvalue weighted by molar-refractivity contribution is 0.760. The van der Waals surface area contributed by atoms with E-state index < -0.39 is 0 Å². The molecule has 0 saturated heterocycles.